The van der Waals surface area contributed by atoms with Crippen molar-refractivity contribution in [3.8, 4) is 11.5 Å². The molecule has 0 bridgehead atoms. The number of carboxylic acids is 2. The van der Waals surface area contributed by atoms with Crippen LogP contribution in [0.2, 0.25) is 0 Å². The molecule has 0 spiro atoms. The van der Waals surface area contributed by atoms with Crippen LogP contribution in [0.4, 0.5) is 0 Å². The first-order chi connectivity index (χ1) is 10.5. The van der Waals surface area contributed by atoms with Crippen LogP contribution < -0.4 is 19.7 Å². The van der Waals surface area contributed by atoms with E-state index in [1.165, 1.54) is 26.4 Å². The molecule has 0 unspecified atom stereocenters. The molecule has 6 nitrogen and oxygen atoms in total. The zero-order valence-electron chi connectivity index (χ0n) is 12.6. The zero-order chi connectivity index (χ0) is 16.5. The van der Waals surface area contributed by atoms with Crippen LogP contribution in [-0.4, -0.2) is 26.2 Å². The van der Waals surface area contributed by atoms with Gasteiger partial charge in [0.15, 0.2) is 0 Å². The predicted molar refractivity (Wildman–Crippen MR) is 74.6 cm³/mol. The van der Waals surface area contributed by atoms with Crippen molar-refractivity contribution in [2.24, 2.45) is 0 Å². The Labute approximate surface area is 158 Å². The second kappa shape index (κ2) is 10.8. The van der Waals surface area contributed by atoms with E-state index in [4.69, 9.17) is 9.47 Å². The van der Waals surface area contributed by atoms with Gasteiger partial charge in [-0.3, -0.25) is 0 Å². The normalized spacial score (nSPS) is 8.78. The number of ether oxygens (including phenoxy) is 2. The SMILES string of the molecule is COc1ccccc1C(=O)[O-].COc1ccccc1C(=O)[O-].[Y]. The number of carboxylic acid groups (broad SMARTS) is 2. The minimum atomic E-state index is -1.22. The summed E-state index contributed by atoms with van der Waals surface area (Å²) in [6.07, 6.45) is 0. The Hall–Kier alpha value is -1.92. The molecule has 1 radical (unpaired) electrons. The third-order valence-corrected chi connectivity index (χ3v) is 2.65. The molecule has 0 aromatic heterocycles. The third-order valence-electron chi connectivity index (χ3n) is 2.65. The minimum absolute atomic E-state index is 0. The van der Waals surface area contributed by atoms with E-state index in [2.05, 4.69) is 0 Å². The van der Waals surface area contributed by atoms with Gasteiger partial charge in [0.25, 0.3) is 0 Å². The molecule has 0 amide bonds. The van der Waals surface area contributed by atoms with Gasteiger partial charge in [0.1, 0.15) is 11.5 Å². The summed E-state index contributed by atoms with van der Waals surface area (Å²) in [7, 11) is 2.84. The van der Waals surface area contributed by atoms with Crippen molar-refractivity contribution in [3.63, 3.8) is 0 Å². The van der Waals surface area contributed by atoms with Crippen LogP contribution in [0.25, 0.3) is 0 Å². The van der Waals surface area contributed by atoms with Crippen LogP contribution in [0.5, 0.6) is 11.5 Å². The number of carbonyl (C=O) groups excluding carboxylic acids is 2. The fraction of sp³-hybridized carbons (Fsp3) is 0.125. The van der Waals surface area contributed by atoms with Gasteiger partial charge in [0.2, 0.25) is 0 Å². The van der Waals surface area contributed by atoms with Gasteiger partial charge in [-0.25, -0.2) is 0 Å². The van der Waals surface area contributed by atoms with Gasteiger partial charge in [-0.15, -0.1) is 0 Å². The average molecular weight is 391 g/mol. The fourth-order valence-corrected chi connectivity index (χ4v) is 1.63. The molecule has 119 valence electrons. The monoisotopic (exact) mass is 391 g/mol. The first-order valence-corrected chi connectivity index (χ1v) is 6.20. The van der Waals surface area contributed by atoms with Crippen molar-refractivity contribution in [2.45, 2.75) is 0 Å². The molecule has 0 saturated heterocycles. The van der Waals surface area contributed by atoms with E-state index in [0.29, 0.717) is 11.5 Å². The van der Waals surface area contributed by atoms with Crippen LogP contribution in [0, 0.1) is 0 Å². The van der Waals surface area contributed by atoms with Gasteiger partial charge in [0.05, 0.1) is 26.2 Å². The van der Waals surface area contributed by atoms with E-state index in [1.54, 1.807) is 36.4 Å². The molecule has 0 heterocycles. The number of aromatic carboxylic acids is 2. The molecule has 7 heteroatoms. The molecule has 0 atom stereocenters. The van der Waals surface area contributed by atoms with E-state index >= 15 is 0 Å². The molecule has 2 rings (SSSR count). The number of benzene rings is 2. The Bertz CT molecular complexity index is 599. The van der Waals surface area contributed by atoms with Gasteiger partial charge < -0.3 is 29.3 Å². The van der Waals surface area contributed by atoms with Crippen LogP contribution in [0.3, 0.4) is 0 Å². The van der Waals surface area contributed by atoms with Gasteiger partial charge in [0, 0.05) is 43.8 Å². The molecule has 0 aliphatic heterocycles. The van der Waals surface area contributed by atoms with E-state index in [9.17, 15) is 19.8 Å². The smallest absolute Gasteiger partial charge is 0.127 e. The number of para-hydroxylation sites is 2. The average Bonchev–Trinajstić information content (AvgIpc) is 2.55. The second-order valence-corrected chi connectivity index (χ2v) is 3.98. The molecule has 2 aromatic rings. The number of rotatable bonds is 4. The van der Waals surface area contributed by atoms with Gasteiger partial charge in [-0.1, -0.05) is 24.3 Å². The molecule has 23 heavy (non-hydrogen) atoms. The second-order valence-electron chi connectivity index (χ2n) is 3.98. The van der Waals surface area contributed by atoms with E-state index in [-0.39, 0.29) is 43.8 Å². The quantitative estimate of drug-likeness (QED) is 0.734. The summed E-state index contributed by atoms with van der Waals surface area (Å²) in [5, 5.41) is 20.8. The van der Waals surface area contributed by atoms with Gasteiger partial charge in [-0.05, 0) is 24.3 Å². The Balaban J connectivity index is 0.000000403. The van der Waals surface area contributed by atoms with Crippen LogP contribution >= 0.6 is 0 Å². The van der Waals surface area contributed by atoms with Gasteiger partial charge in [-0.2, -0.15) is 0 Å². The van der Waals surface area contributed by atoms with E-state index < -0.39 is 11.9 Å². The van der Waals surface area contributed by atoms with E-state index in [0.717, 1.165) is 0 Å². The summed E-state index contributed by atoms with van der Waals surface area (Å²) in [5.74, 6) is -1.79. The topological polar surface area (TPSA) is 98.7 Å². The Morgan fingerprint density at radius 1 is 0.739 bits per heavy atom. The van der Waals surface area contributed by atoms with Crippen molar-refractivity contribution in [3.05, 3.63) is 59.7 Å². The Kier molecular flexibility index (Phi) is 9.86. The summed E-state index contributed by atoms with van der Waals surface area (Å²) in [6, 6.07) is 12.7. The molecule has 0 aliphatic rings. The van der Waals surface area contributed by atoms with Gasteiger partial charge >= 0.3 is 0 Å². The number of hydrogen-bond acceptors (Lipinski definition) is 6. The first kappa shape index (κ1) is 21.1. The summed E-state index contributed by atoms with van der Waals surface area (Å²) in [6.45, 7) is 0. The molecule has 2 aromatic carbocycles. The van der Waals surface area contributed by atoms with Crippen molar-refractivity contribution in [1.82, 2.24) is 0 Å². The molecule has 0 saturated carbocycles. The van der Waals surface area contributed by atoms with Crippen LogP contribution in [0.1, 0.15) is 20.7 Å². The third kappa shape index (κ3) is 6.38. The van der Waals surface area contributed by atoms with Crippen LogP contribution in [0.15, 0.2) is 48.5 Å². The van der Waals surface area contributed by atoms with Crippen molar-refractivity contribution in [1.29, 1.82) is 0 Å². The number of methoxy groups -OCH3 is 2. The van der Waals surface area contributed by atoms with Crippen molar-refractivity contribution < 1.29 is 62.0 Å². The molecule has 0 fully saturated rings. The molecule has 0 aliphatic carbocycles. The maximum absolute atomic E-state index is 10.4. The molecule has 0 N–H and O–H groups in total. The van der Waals surface area contributed by atoms with Crippen molar-refractivity contribution >= 4 is 11.9 Å². The summed E-state index contributed by atoms with van der Waals surface area (Å²) >= 11 is 0. The number of hydrogen-bond donors (Lipinski definition) is 0. The fourth-order valence-electron chi connectivity index (χ4n) is 1.63. The zero-order valence-corrected chi connectivity index (χ0v) is 15.5. The number of carbonyl (C=O) groups is 2. The van der Waals surface area contributed by atoms with Crippen molar-refractivity contribution in [2.75, 3.05) is 14.2 Å². The summed E-state index contributed by atoms with van der Waals surface area (Å²) in [5.41, 5.74) is 0.157. The first-order valence-electron chi connectivity index (χ1n) is 6.20. The molecular formula is C16H14O6Y-2. The summed E-state index contributed by atoms with van der Waals surface area (Å²) < 4.78 is 9.57. The maximum Gasteiger partial charge on any atom is 0.127 e. The molecular weight excluding hydrogens is 377 g/mol. The Morgan fingerprint density at radius 3 is 1.26 bits per heavy atom. The maximum atomic E-state index is 10.4. The largest absolute Gasteiger partial charge is 0.545 e. The van der Waals surface area contributed by atoms with E-state index in [1.807, 2.05) is 0 Å². The minimum Gasteiger partial charge on any atom is -0.545 e. The summed E-state index contributed by atoms with van der Waals surface area (Å²) in [4.78, 5) is 20.8. The standard InChI is InChI=1S/2C8H8O3.Y/c2*1-11-7-5-3-2-4-6(7)8(9)10;/h2*2-5H,1H3,(H,9,10);/p-2. The Morgan fingerprint density at radius 2 is 1.04 bits per heavy atom. The predicted octanol–water partition coefficient (Wildman–Crippen LogP) is 0.115. The van der Waals surface area contributed by atoms with Crippen LogP contribution in [-0.2, 0) is 32.7 Å².